The Bertz CT molecular complexity index is 606. The van der Waals surface area contributed by atoms with Crippen molar-refractivity contribution in [3.05, 3.63) is 29.5 Å². The summed E-state index contributed by atoms with van der Waals surface area (Å²) >= 11 is 1.40. The third kappa shape index (κ3) is 4.16. The molecule has 0 bridgehead atoms. The zero-order chi connectivity index (χ0) is 15.2. The standard InChI is InChI=1S/C14H16N2O4S/c1-2-5-16(8-13(18)19)12(17)7-10-9-21-14(15-10)11-4-3-6-20-11/h3-4,6,9H,2,5,7-8H2,1H3,(H,18,19). The van der Waals surface area contributed by atoms with Gasteiger partial charge in [-0.25, -0.2) is 4.98 Å². The van der Waals surface area contributed by atoms with E-state index in [-0.39, 0.29) is 18.9 Å². The fraction of sp³-hybridized carbons (Fsp3) is 0.357. The molecule has 21 heavy (non-hydrogen) atoms. The molecule has 0 fully saturated rings. The van der Waals surface area contributed by atoms with Gasteiger partial charge < -0.3 is 14.4 Å². The summed E-state index contributed by atoms with van der Waals surface area (Å²) in [5, 5.41) is 11.3. The summed E-state index contributed by atoms with van der Waals surface area (Å²) in [5.41, 5.74) is 0.628. The van der Waals surface area contributed by atoms with Crippen molar-refractivity contribution in [3.8, 4) is 10.8 Å². The third-order valence-corrected chi connectivity index (χ3v) is 3.69. The van der Waals surface area contributed by atoms with E-state index in [0.29, 0.717) is 29.4 Å². The molecule has 0 saturated heterocycles. The van der Waals surface area contributed by atoms with E-state index in [2.05, 4.69) is 4.98 Å². The number of carboxylic acid groups (broad SMARTS) is 1. The molecule has 112 valence electrons. The summed E-state index contributed by atoms with van der Waals surface area (Å²) in [6.45, 7) is 2.06. The molecule has 0 atom stereocenters. The molecular formula is C14H16N2O4S. The molecule has 1 amide bonds. The Hall–Kier alpha value is -2.15. The predicted octanol–water partition coefficient (Wildman–Crippen LogP) is 2.27. The van der Waals surface area contributed by atoms with Gasteiger partial charge in [0.1, 0.15) is 6.54 Å². The van der Waals surface area contributed by atoms with Gasteiger partial charge in [0, 0.05) is 11.9 Å². The Balaban J connectivity index is 2.02. The van der Waals surface area contributed by atoms with Crippen LogP contribution in [0, 0.1) is 0 Å². The quantitative estimate of drug-likeness (QED) is 0.848. The summed E-state index contributed by atoms with van der Waals surface area (Å²) in [6, 6.07) is 3.58. The summed E-state index contributed by atoms with van der Waals surface area (Å²) in [6.07, 6.45) is 2.38. The van der Waals surface area contributed by atoms with Crippen molar-refractivity contribution >= 4 is 23.2 Å². The van der Waals surface area contributed by atoms with Crippen LogP contribution >= 0.6 is 11.3 Å². The SMILES string of the molecule is CCCN(CC(=O)O)C(=O)Cc1csc(-c2ccco2)n1. The molecule has 0 radical (unpaired) electrons. The van der Waals surface area contributed by atoms with Crippen molar-refractivity contribution in [3.63, 3.8) is 0 Å². The van der Waals surface area contributed by atoms with Gasteiger partial charge in [0.05, 0.1) is 18.4 Å². The first-order valence-corrected chi connectivity index (χ1v) is 7.46. The molecular weight excluding hydrogens is 292 g/mol. The van der Waals surface area contributed by atoms with E-state index in [1.54, 1.807) is 23.8 Å². The number of thiazole rings is 1. The van der Waals surface area contributed by atoms with Crippen molar-refractivity contribution < 1.29 is 19.1 Å². The molecule has 0 unspecified atom stereocenters. The second-order valence-corrected chi connectivity index (χ2v) is 5.37. The molecule has 0 aliphatic carbocycles. The third-order valence-electron chi connectivity index (χ3n) is 2.79. The number of hydrogen-bond donors (Lipinski definition) is 1. The number of carbonyl (C=O) groups is 2. The maximum atomic E-state index is 12.1. The number of carboxylic acids is 1. The minimum absolute atomic E-state index is 0.102. The smallest absolute Gasteiger partial charge is 0.323 e. The highest BCUT2D eigenvalue weighted by molar-refractivity contribution is 7.13. The predicted molar refractivity (Wildman–Crippen MR) is 78.0 cm³/mol. The van der Waals surface area contributed by atoms with Crippen molar-refractivity contribution in [2.24, 2.45) is 0 Å². The summed E-state index contributed by atoms with van der Waals surface area (Å²) in [7, 11) is 0. The highest BCUT2D eigenvalue weighted by Gasteiger charge is 2.18. The molecule has 2 rings (SSSR count). The molecule has 0 saturated carbocycles. The van der Waals surface area contributed by atoms with Crippen LogP contribution in [0.2, 0.25) is 0 Å². The first kappa shape index (κ1) is 15.2. The monoisotopic (exact) mass is 308 g/mol. The second kappa shape index (κ2) is 7.03. The van der Waals surface area contributed by atoms with E-state index in [1.807, 2.05) is 6.92 Å². The molecule has 2 heterocycles. The van der Waals surface area contributed by atoms with Crippen LogP contribution in [0.5, 0.6) is 0 Å². The topological polar surface area (TPSA) is 83.6 Å². The van der Waals surface area contributed by atoms with Gasteiger partial charge in [-0.2, -0.15) is 0 Å². The number of furan rings is 1. The van der Waals surface area contributed by atoms with Gasteiger partial charge in [-0.05, 0) is 18.6 Å². The Kier molecular flexibility index (Phi) is 5.10. The second-order valence-electron chi connectivity index (χ2n) is 4.51. The average Bonchev–Trinajstić information content (AvgIpc) is 3.07. The zero-order valence-electron chi connectivity index (χ0n) is 11.6. The maximum absolute atomic E-state index is 12.1. The number of rotatable bonds is 7. The molecule has 7 heteroatoms. The Morgan fingerprint density at radius 3 is 2.90 bits per heavy atom. The lowest BCUT2D eigenvalue weighted by Gasteiger charge is -2.19. The van der Waals surface area contributed by atoms with Gasteiger partial charge in [-0.15, -0.1) is 11.3 Å². The minimum Gasteiger partial charge on any atom is -0.480 e. The molecule has 2 aromatic heterocycles. The van der Waals surface area contributed by atoms with Crippen LogP contribution in [-0.4, -0.2) is 40.0 Å². The fourth-order valence-corrected chi connectivity index (χ4v) is 2.68. The number of amides is 1. The lowest BCUT2D eigenvalue weighted by molar-refractivity contribution is -0.144. The van der Waals surface area contributed by atoms with Crippen LogP contribution < -0.4 is 0 Å². The van der Waals surface area contributed by atoms with E-state index < -0.39 is 5.97 Å². The van der Waals surface area contributed by atoms with E-state index in [9.17, 15) is 9.59 Å². The number of carbonyl (C=O) groups excluding carboxylic acids is 1. The van der Waals surface area contributed by atoms with E-state index in [1.165, 1.54) is 16.2 Å². The fourth-order valence-electron chi connectivity index (χ4n) is 1.89. The highest BCUT2D eigenvalue weighted by atomic mass is 32.1. The number of nitrogens with zero attached hydrogens (tertiary/aromatic N) is 2. The number of aromatic nitrogens is 1. The van der Waals surface area contributed by atoms with Gasteiger partial charge in [0.2, 0.25) is 5.91 Å². The molecule has 0 aromatic carbocycles. The molecule has 0 spiro atoms. The van der Waals surface area contributed by atoms with Crippen molar-refractivity contribution in [1.82, 2.24) is 9.88 Å². The maximum Gasteiger partial charge on any atom is 0.323 e. The normalized spacial score (nSPS) is 10.5. The molecule has 0 aliphatic heterocycles. The highest BCUT2D eigenvalue weighted by Crippen LogP contribution is 2.24. The summed E-state index contributed by atoms with van der Waals surface area (Å²) in [4.78, 5) is 28.6. The van der Waals surface area contributed by atoms with Crippen molar-refractivity contribution in [1.29, 1.82) is 0 Å². The largest absolute Gasteiger partial charge is 0.480 e. The average molecular weight is 308 g/mol. The summed E-state index contributed by atoms with van der Waals surface area (Å²) < 4.78 is 5.25. The van der Waals surface area contributed by atoms with Gasteiger partial charge in [0.25, 0.3) is 0 Å². The number of hydrogen-bond acceptors (Lipinski definition) is 5. The van der Waals surface area contributed by atoms with Gasteiger partial charge in [-0.3, -0.25) is 9.59 Å². The van der Waals surface area contributed by atoms with E-state index in [0.717, 1.165) is 0 Å². The van der Waals surface area contributed by atoms with Gasteiger partial charge in [-0.1, -0.05) is 6.92 Å². The lowest BCUT2D eigenvalue weighted by Crippen LogP contribution is -2.37. The molecule has 6 nitrogen and oxygen atoms in total. The molecule has 2 aromatic rings. The van der Waals surface area contributed by atoms with Crippen LogP contribution in [0.15, 0.2) is 28.2 Å². The Morgan fingerprint density at radius 2 is 2.29 bits per heavy atom. The Labute approximate surface area is 126 Å². The molecule has 0 aliphatic rings. The minimum atomic E-state index is -1.01. The van der Waals surface area contributed by atoms with Gasteiger partial charge in [0.15, 0.2) is 10.8 Å². The van der Waals surface area contributed by atoms with Crippen molar-refractivity contribution in [2.75, 3.05) is 13.1 Å². The first-order valence-electron chi connectivity index (χ1n) is 6.58. The van der Waals surface area contributed by atoms with E-state index in [4.69, 9.17) is 9.52 Å². The molecule has 1 N–H and O–H groups in total. The summed E-state index contributed by atoms with van der Waals surface area (Å²) in [5.74, 6) is -0.573. The number of aliphatic carboxylic acids is 1. The van der Waals surface area contributed by atoms with Crippen molar-refractivity contribution in [2.45, 2.75) is 19.8 Å². The van der Waals surface area contributed by atoms with Crippen LogP contribution in [-0.2, 0) is 16.0 Å². The van der Waals surface area contributed by atoms with Crippen LogP contribution in [0.1, 0.15) is 19.0 Å². The van der Waals surface area contributed by atoms with Crippen LogP contribution in [0.25, 0.3) is 10.8 Å². The van der Waals surface area contributed by atoms with Crippen LogP contribution in [0.3, 0.4) is 0 Å². The lowest BCUT2D eigenvalue weighted by atomic mass is 10.2. The first-order chi connectivity index (χ1) is 10.1. The van der Waals surface area contributed by atoms with E-state index >= 15 is 0 Å². The van der Waals surface area contributed by atoms with Gasteiger partial charge >= 0.3 is 5.97 Å². The Morgan fingerprint density at radius 1 is 1.48 bits per heavy atom. The van der Waals surface area contributed by atoms with Crippen LogP contribution in [0.4, 0.5) is 0 Å². The zero-order valence-corrected chi connectivity index (χ0v) is 12.4.